The van der Waals surface area contributed by atoms with Crippen LogP contribution in [0, 0.1) is 19.7 Å². The van der Waals surface area contributed by atoms with Gasteiger partial charge >= 0.3 is 0 Å². The number of aromatic nitrogens is 1. The van der Waals surface area contributed by atoms with Crippen molar-refractivity contribution in [3.8, 4) is 0 Å². The van der Waals surface area contributed by atoms with Gasteiger partial charge in [0.25, 0.3) is 5.91 Å². The predicted octanol–water partition coefficient (Wildman–Crippen LogP) is 4.51. The van der Waals surface area contributed by atoms with Crippen molar-refractivity contribution in [1.29, 1.82) is 0 Å². The Kier molecular flexibility index (Phi) is 5.27. The summed E-state index contributed by atoms with van der Waals surface area (Å²) in [5.74, 6) is -0.690. The van der Waals surface area contributed by atoms with Crippen LogP contribution in [0.3, 0.4) is 0 Å². The highest BCUT2D eigenvalue weighted by atomic mass is 19.1. The number of hydrogen-bond donors (Lipinski definition) is 2. The van der Waals surface area contributed by atoms with E-state index in [1.807, 2.05) is 32.0 Å². The largest absolute Gasteiger partial charge is 0.355 e. The third-order valence-electron chi connectivity index (χ3n) is 4.14. The first-order chi connectivity index (χ1) is 12.5. The Balaban J connectivity index is 1.72. The Bertz CT molecular complexity index is 920. The normalized spacial score (nSPS) is 10.4. The lowest BCUT2D eigenvalue weighted by Crippen LogP contribution is -2.24. The molecule has 5 heteroatoms. The molecule has 0 aliphatic rings. The molecule has 26 heavy (non-hydrogen) atoms. The minimum Gasteiger partial charge on any atom is -0.355 e. The second-order valence-corrected chi connectivity index (χ2v) is 6.10. The molecule has 4 nitrogen and oxygen atoms in total. The average Bonchev–Trinajstić information content (AvgIpc) is 2.64. The number of para-hydroxylation sites is 1. The van der Waals surface area contributed by atoms with Crippen LogP contribution in [0.25, 0.3) is 0 Å². The number of aryl methyl sites for hydroxylation is 2. The topological polar surface area (TPSA) is 54.0 Å². The van der Waals surface area contributed by atoms with E-state index in [0.717, 1.165) is 22.5 Å². The van der Waals surface area contributed by atoms with E-state index in [1.54, 1.807) is 36.5 Å². The van der Waals surface area contributed by atoms with Crippen molar-refractivity contribution in [1.82, 2.24) is 10.3 Å². The van der Waals surface area contributed by atoms with Crippen LogP contribution in [-0.2, 0) is 6.54 Å². The highest BCUT2D eigenvalue weighted by Crippen LogP contribution is 2.24. The number of carbonyl (C=O) groups excluding carboxylic acids is 1. The second-order valence-electron chi connectivity index (χ2n) is 6.10. The summed E-state index contributed by atoms with van der Waals surface area (Å²) in [7, 11) is 0. The number of amides is 1. The SMILES string of the molecule is Cc1cccc(C)c1Nc1ccnc(C(=O)NCc2ccccc2F)c1. The average molecular weight is 349 g/mol. The van der Waals surface area contributed by atoms with Gasteiger partial charge in [-0.3, -0.25) is 9.78 Å². The molecule has 0 radical (unpaired) electrons. The molecule has 2 N–H and O–H groups in total. The molecule has 1 aromatic heterocycles. The first kappa shape index (κ1) is 17.6. The molecule has 0 saturated heterocycles. The Morgan fingerprint density at radius 3 is 2.50 bits per heavy atom. The van der Waals surface area contributed by atoms with Crippen molar-refractivity contribution >= 4 is 17.3 Å². The van der Waals surface area contributed by atoms with Crippen LogP contribution in [-0.4, -0.2) is 10.9 Å². The lowest BCUT2D eigenvalue weighted by atomic mass is 10.1. The van der Waals surface area contributed by atoms with Gasteiger partial charge in [-0.15, -0.1) is 0 Å². The monoisotopic (exact) mass is 349 g/mol. The fourth-order valence-electron chi connectivity index (χ4n) is 2.70. The summed E-state index contributed by atoms with van der Waals surface area (Å²) in [6.07, 6.45) is 1.58. The first-order valence-corrected chi connectivity index (χ1v) is 8.35. The number of hydrogen-bond acceptors (Lipinski definition) is 3. The van der Waals surface area contributed by atoms with Crippen molar-refractivity contribution in [2.45, 2.75) is 20.4 Å². The van der Waals surface area contributed by atoms with Gasteiger partial charge in [0.15, 0.2) is 0 Å². The highest BCUT2D eigenvalue weighted by molar-refractivity contribution is 5.93. The third kappa shape index (κ3) is 4.06. The number of nitrogens with one attached hydrogen (secondary N) is 2. The number of carbonyl (C=O) groups is 1. The maximum atomic E-state index is 13.6. The number of anilines is 2. The van der Waals surface area contributed by atoms with E-state index in [9.17, 15) is 9.18 Å². The summed E-state index contributed by atoms with van der Waals surface area (Å²) in [5, 5.41) is 6.04. The van der Waals surface area contributed by atoms with Gasteiger partial charge in [0, 0.05) is 29.7 Å². The van der Waals surface area contributed by atoms with Crippen molar-refractivity contribution < 1.29 is 9.18 Å². The number of rotatable bonds is 5. The van der Waals surface area contributed by atoms with Gasteiger partial charge < -0.3 is 10.6 Å². The molecule has 3 rings (SSSR count). The molecule has 0 fully saturated rings. The predicted molar refractivity (Wildman–Crippen MR) is 101 cm³/mol. The minimum atomic E-state index is -0.349. The van der Waals surface area contributed by atoms with E-state index >= 15 is 0 Å². The summed E-state index contributed by atoms with van der Waals surface area (Å²) in [6.45, 7) is 4.17. The summed E-state index contributed by atoms with van der Waals surface area (Å²) in [5.41, 5.74) is 4.73. The van der Waals surface area contributed by atoms with E-state index in [2.05, 4.69) is 15.6 Å². The molecule has 1 amide bonds. The maximum Gasteiger partial charge on any atom is 0.270 e. The third-order valence-corrected chi connectivity index (χ3v) is 4.14. The lowest BCUT2D eigenvalue weighted by Gasteiger charge is -2.13. The molecule has 0 spiro atoms. The second kappa shape index (κ2) is 7.78. The molecule has 3 aromatic rings. The molecule has 0 atom stereocenters. The van der Waals surface area contributed by atoms with Crippen LogP contribution in [0.2, 0.25) is 0 Å². The molecule has 0 aliphatic heterocycles. The number of benzene rings is 2. The van der Waals surface area contributed by atoms with Crippen LogP contribution in [0.1, 0.15) is 27.2 Å². The van der Waals surface area contributed by atoms with Crippen LogP contribution in [0.5, 0.6) is 0 Å². The van der Waals surface area contributed by atoms with Crippen molar-refractivity contribution in [2.75, 3.05) is 5.32 Å². The van der Waals surface area contributed by atoms with E-state index < -0.39 is 0 Å². The Hall–Kier alpha value is -3.21. The van der Waals surface area contributed by atoms with Crippen LogP contribution in [0.4, 0.5) is 15.8 Å². The van der Waals surface area contributed by atoms with E-state index in [4.69, 9.17) is 0 Å². The molecule has 1 heterocycles. The smallest absolute Gasteiger partial charge is 0.270 e. The van der Waals surface area contributed by atoms with Gasteiger partial charge in [0.05, 0.1) is 0 Å². The molecule has 0 aliphatic carbocycles. The molecule has 2 aromatic carbocycles. The maximum absolute atomic E-state index is 13.6. The van der Waals surface area contributed by atoms with Crippen molar-refractivity contribution in [3.63, 3.8) is 0 Å². The van der Waals surface area contributed by atoms with Crippen LogP contribution < -0.4 is 10.6 Å². The highest BCUT2D eigenvalue weighted by Gasteiger charge is 2.10. The number of halogens is 1. The molecule has 0 saturated carbocycles. The zero-order valence-electron chi connectivity index (χ0n) is 14.7. The fraction of sp³-hybridized carbons (Fsp3) is 0.143. The zero-order valence-corrected chi connectivity index (χ0v) is 14.7. The van der Waals surface area contributed by atoms with Gasteiger partial charge in [-0.2, -0.15) is 0 Å². The quantitative estimate of drug-likeness (QED) is 0.712. The molecular formula is C21H20FN3O. The van der Waals surface area contributed by atoms with Crippen LogP contribution >= 0.6 is 0 Å². The van der Waals surface area contributed by atoms with Crippen LogP contribution in [0.15, 0.2) is 60.8 Å². The lowest BCUT2D eigenvalue weighted by molar-refractivity contribution is 0.0945. The Morgan fingerprint density at radius 1 is 1.04 bits per heavy atom. The summed E-state index contributed by atoms with van der Waals surface area (Å²) < 4.78 is 13.6. The van der Waals surface area contributed by atoms with E-state index in [0.29, 0.717) is 5.56 Å². The van der Waals surface area contributed by atoms with Gasteiger partial charge in [-0.1, -0.05) is 36.4 Å². The summed E-state index contributed by atoms with van der Waals surface area (Å²) >= 11 is 0. The number of nitrogens with zero attached hydrogens (tertiary/aromatic N) is 1. The molecule has 0 unspecified atom stereocenters. The van der Waals surface area contributed by atoms with Crippen molar-refractivity contribution in [2.24, 2.45) is 0 Å². The summed E-state index contributed by atoms with van der Waals surface area (Å²) in [4.78, 5) is 16.5. The standard InChI is InChI=1S/C21H20FN3O/c1-14-6-5-7-15(2)20(14)25-17-10-11-23-19(12-17)21(26)24-13-16-8-3-4-9-18(16)22/h3-12H,13H2,1-2H3,(H,23,25)(H,24,26). The molecule has 0 bridgehead atoms. The Morgan fingerprint density at radius 2 is 1.77 bits per heavy atom. The zero-order chi connectivity index (χ0) is 18.5. The van der Waals surface area contributed by atoms with Gasteiger partial charge in [-0.25, -0.2) is 4.39 Å². The summed E-state index contributed by atoms with van der Waals surface area (Å²) in [6, 6.07) is 15.9. The molecule has 132 valence electrons. The minimum absolute atomic E-state index is 0.113. The van der Waals surface area contributed by atoms with Crippen molar-refractivity contribution in [3.05, 3.63) is 89.0 Å². The Labute approximate surface area is 152 Å². The van der Waals surface area contributed by atoms with Gasteiger partial charge in [0.2, 0.25) is 0 Å². The number of pyridine rings is 1. The van der Waals surface area contributed by atoms with E-state index in [-0.39, 0.29) is 24.0 Å². The molecular weight excluding hydrogens is 329 g/mol. The fourth-order valence-corrected chi connectivity index (χ4v) is 2.70. The van der Waals surface area contributed by atoms with E-state index in [1.165, 1.54) is 6.07 Å². The van der Waals surface area contributed by atoms with Gasteiger partial charge in [0.1, 0.15) is 11.5 Å². The van der Waals surface area contributed by atoms with Gasteiger partial charge in [-0.05, 0) is 43.2 Å². The first-order valence-electron chi connectivity index (χ1n) is 8.35.